The number of fused-ring (bicyclic) bond motifs is 1. The number of anilines is 1. The Morgan fingerprint density at radius 2 is 1.52 bits per heavy atom. The highest BCUT2D eigenvalue weighted by atomic mass is 32.2. The number of rotatable bonds is 5. The van der Waals surface area contributed by atoms with E-state index in [4.69, 9.17) is 0 Å². The maximum atomic E-state index is 12.5. The molecule has 29 heavy (non-hydrogen) atoms. The molecule has 0 atom stereocenters. The molecule has 1 N–H and O–H groups in total. The number of carbonyl (C=O) groups excluding carboxylic acids is 1. The fraction of sp³-hybridized carbons (Fsp3) is 0.125. The van der Waals surface area contributed by atoms with Crippen LogP contribution in [0.2, 0.25) is 0 Å². The van der Waals surface area contributed by atoms with Crippen LogP contribution >= 0.6 is 11.8 Å². The quantitative estimate of drug-likeness (QED) is 0.441. The second-order valence-corrected chi connectivity index (χ2v) is 7.94. The summed E-state index contributed by atoms with van der Waals surface area (Å²) < 4.78 is 0. The second-order valence-electron chi connectivity index (χ2n) is 6.98. The maximum absolute atomic E-state index is 12.5. The Hall–Kier alpha value is -3.18. The Bertz CT molecular complexity index is 1160. The van der Waals surface area contributed by atoms with Crippen molar-refractivity contribution in [3.63, 3.8) is 0 Å². The van der Waals surface area contributed by atoms with Gasteiger partial charge in [0.1, 0.15) is 10.7 Å². The zero-order chi connectivity index (χ0) is 20.2. The van der Waals surface area contributed by atoms with E-state index in [0.717, 1.165) is 43.9 Å². The Morgan fingerprint density at radius 3 is 2.24 bits per heavy atom. The van der Waals surface area contributed by atoms with Crippen LogP contribution in [-0.2, 0) is 4.79 Å². The molecule has 0 saturated heterocycles. The van der Waals surface area contributed by atoms with Crippen molar-refractivity contribution >= 4 is 34.1 Å². The van der Waals surface area contributed by atoms with Gasteiger partial charge < -0.3 is 5.32 Å². The minimum Gasteiger partial charge on any atom is -0.325 e. The van der Waals surface area contributed by atoms with Gasteiger partial charge in [-0.1, -0.05) is 72.4 Å². The van der Waals surface area contributed by atoms with Gasteiger partial charge in [0, 0.05) is 22.0 Å². The number of carbonyl (C=O) groups is 1. The lowest BCUT2D eigenvalue weighted by Crippen LogP contribution is -2.14. The summed E-state index contributed by atoms with van der Waals surface area (Å²) in [6.45, 7) is 4.04. The minimum absolute atomic E-state index is 0.0574. The van der Waals surface area contributed by atoms with E-state index < -0.39 is 0 Å². The first-order chi connectivity index (χ1) is 14.1. The zero-order valence-corrected chi connectivity index (χ0v) is 17.2. The van der Waals surface area contributed by atoms with E-state index in [1.54, 1.807) is 0 Å². The van der Waals surface area contributed by atoms with Gasteiger partial charge in [-0.3, -0.25) is 4.79 Å². The van der Waals surface area contributed by atoms with Crippen molar-refractivity contribution in [3.8, 4) is 11.3 Å². The van der Waals surface area contributed by atoms with Crippen molar-refractivity contribution in [3.05, 3.63) is 83.9 Å². The predicted molar refractivity (Wildman–Crippen MR) is 120 cm³/mol. The molecule has 0 unspecified atom stereocenters. The van der Waals surface area contributed by atoms with Crippen LogP contribution in [-0.4, -0.2) is 21.9 Å². The molecule has 0 radical (unpaired) electrons. The average molecular weight is 400 g/mol. The van der Waals surface area contributed by atoms with Crippen LogP contribution in [0.1, 0.15) is 11.1 Å². The molecule has 0 saturated carbocycles. The second kappa shape index (κ2) is 8.45. The van der Waals surface area contributed by atoms with E-state index >= 15 is 0 Å². The number of hydrogen-bond acceptors (Lipinski definition) is 4. The van der Waals surface area contributed by atoms with Gasteiger partial charge in [0.15, 0.2) is 0 Å². The number of nitrogens with zero attached hydrogens (tertiary/aromatic N) is 2. The van der Waals surface area contributed by atoms with Gasteiger partial charge >= 0.3 is 0 Å². The lowest BCUT2D eigenvalue weighted by Gasteiger charge is -2.10. The van der Waals surface area contributed by atoms with Crippen LogP contribution < -0.4 is 5.32 Å². The Labute approximate surface area is 174 Å². The van der Waals surface area contributed by atoms with E-state index in [0.29, 0.717) is 0 Å². The van der Waals surface area contributed by atoms with Gasteiger partial charge in [0.25, 0.3) is 0 Å². The van der Waals surface area contributed by atoms with Gasteiger partial charge in [-0.05, 0) is 37.1 Å². The monoisotopic (exact) mass is 399 g/mol. The van der Waals surface area contributed by atoms with Crippen molar-refractivity contribution in [2.75, 3.05) is 11.1 Å². The van der Waals surface area contributed by atoms with Crippen LogP contribution in [0.25, 0.3) is 22.0 Å². The molecule has 0 bridgehead atoms. The van der Waals surface area contributed by atoms with Gasteiger partial charge in [0.05, 0.1) is 5.75 Å². The molecule has 0 fully saturated rings. The smallest absolute Gasteiger partial charge is 0.234 e. The average Bonchev–Trinajstić information content (AvgIpc) is 2.72. The number of aryl methyl sites for hydroxylation is 2. The molecule has 1 aromatic heterocycles. The van der Waals surface area contributed by atoms with Gasteiger partial charge in [-0.2, -0.15) is 0 Å². The standard InChI is InChI=1S/C24H21N3OS/c1-16-12-17(2)14-19(13-16)25-22(28)15-29-24-21-11-7-6-10-20(21)23(26-27-24)18-8-4-3-5-9-18/h3-14H,15H2,1-2H3,(H,25,28). The lowest BCUT2D eigenvalue weighted by molar-refractivity contribution is -0.113. The molecule has 0 aliphatic carbocycles. The normalized spacial score (nSPS) is 10.8. The number of amides is 1. The highest BCUT2D eigenvalue weighted by molar-refractivity contribution is 8.00. The SMILES string of the molecule is Cc1cc(C)cc(NC(=O)CSc2nnc(-c3ccccc3)c3ccccc23)c1. The number of aromatic nitrogens is 2. The van der Waals surface area contributed by atoms with Crippen molar-refractivity contribution in [2.24, 2.45) is 0 Å². The molecule has 144 valence electrons. The largest absolute Gasteiger partial charge is 0.325 e. The first-order valence-electron chi connectivity index (χ1n) is 9.42. The zero-order valence-electron chi connectivity index (χ0n) is 16.3. The first-order valence-corrected chi connectivity index (χ1v) is 10.4. The third kappa shape index (κ3) is 4.46. The summed E-state index contributed by atoms with van der Waals surface area (Å²) >= 11 is 1.40. The van der Waals surface area contributed by atoms with Crippen LogP contribution in [0.5, 0.6) is 0 Å². The Morgan fingerprint density at radius 1 is 0.862 bits per heavy atom. The number of thioether (sulfide) groups is 1. The fourth-order valence-corrected chi connectivity index (χ4v) is 4.14. The number of benzene rings is 3. The maximum Gasteiger partial charge on any atom is 0.234 e. The lowest BCUT2D eigenvalue weighted by atomic mass is 10.1. The van der Waals surface area contributed by atoms with Crippen molar-refractivity contribution < 1.29 is 4.79 Å². The van der Waals surface area contributed by atoms with Crippen molar-refractivity contribution in [2.45, 2.75) is 18.9 Å². The van der Waals surface area contributed by atoms with Gasteiger partial charge in [-0.15, -0.1) is 10.2 Å². The van der Waals surface area contributed by atoms with E-state index in [1.807, 2.05) is 80.6 Å². The van der Waals surface area contributed by atoms with E-state index in [-0.39, 0.29) is 11.7 Å². The molecule has 4 rings (SSSR count). The van der Waals surface area contributed by atoms with Gasteiger partial charge in [0.2, 0.25) is 5.91 Å². The summed E-state index contributed by atoms with van der Waals surface area (Å²) in [5, 5.41) is 14.7. The molecule has 1 amide bonds. The predicted octanol–water partition coefficient (Wildman–Crippen LogP) is 5.64. The van der Waals surface area contributed by atoms with E-state index in [9.17, 15) is 4.79 Å². The topological polar surface area (TPSA) is 54.9 Å². The summed E-state index contributed by atoms with van der Waals surface area (Å²) in [5.74, 6) is 0.217. The van der Waals surface area contributed by atoms with Crippen LogP contribution in [0.15, 0.2) is 77.8 Å². The summed E-state index contributed by atoms with van der Waals surface area (Å²) in [4.78, 5) is 12.5. The molecule has 4 aromatic rings. The molecular weight excluding hydrogens is 378 g/mol. The molecule has 3 aromatic carbocycles. The number of hydrogen-bond donors (Lipinski definition) is 1. The molecule has 5 heteroatoms. The van der Waals surface area contributed by atoms with E-state index in [2.05, 4.69) is 21.6 Å². The summed E-state index contributed by atoms with van der Waals surface area (Å²) in [6.07, 6.45) is 0. The third-order valence-electron chi connectivity index (χ3n) is 4.55. The van der Waals surface area contributed by atoms with Gasteiger partial charge in [-0.25, -0.2) is 0 Å². The summed E-state index contributed by atoms with van der Waals surface area (Å²) in [6, 6.07) is 24.1. The first kappa shape index (κ1) is 19.2. The highest BCUT2D eigenvalue weighted by Gasteiger charge is 2.13. The minimum atomic E-state index is -0.0574. The fourth-order valence-electron chi connectivity index (χ4n) is 3.37. The number of nitrogens with one attached hydrogen (secondary N) is 1. The molecule has 0 aliphatic heterocycles. The van der Waals surface area contributed by atoms with Crippen LogP contribution in [0.3, 0.4) is 0 Å². The highest BCUT2D eigenvalue weighted by Crippen LogP contribution is 2.31. The Kier molecular flexibility index (Phi) is 5.58. The molecule has 0 spiro atoms. The third-order valence-corrected chi connectivity index (χ3v) is 5.53. The molecular formula is C24H21N3OS. The molecule has 1 heterocycles. The van der Waals surface area contributed by atoms with Crippen molar-refractivity contribution in [1.29, 1.82) is 0 Å². The molecule has 4 nitrogen and oxygen atoms in total. The van der Waals surface area contributed by atoms with E-state index in [1.165, 1.54) is 11.8 Å². The molecule has 0 aliphatic rings. The van der Waals surface area contributed by atoms with Crippen LogP contribution in [0, 0.1) is 13.8 Å². The summed E-state index contributed by atoms with van der Waals surface area (Å²) in [5.41, 5.74) is 4.96. The van der Waals surface area contributed by atoms with Crippen molar-refractivity contribution in [1.82, 2.24) is 10.2 Å². The summed E-state index contributed by atoms with van der Waals surface area (Å²) in [7, 11) is 0. The van der Waals surface area contributed by atoms with Crippen LogP contribution in [0.4, 0.5) is 5.69 Å². The Balaban J connectivity index is 1.55.